The van der Waals surface area contributed by atoms with Gasteiger partial charge >= 0.3 is 7.59 Å². The van der Waals surface area contributed by atoms with Crippen LogP contribution in [0.15, 0.2) is 73.2 Å². The van der Waals surface area contributed by atoms with Gasteiger partial charge in [0.25, 0.3) is 0 Å². The molecule has 8 heteroatoms. The number of pyridine rings is 3. The lowest BCUT2D eigenvalue weighted by Gasteiger charge is -2.28. The first-order valence-corrected chi connectivity index (χ1v) is 8.60. The maximum Gasteiger partial charge on any atom is 0.335 e. The predicted octanol–water partition coefficient (Wildman–Crippen LogP) is 3.19. The van der Waals surface area contributed by atoms with Crippen LogP contribution in [-0.4, -0.2) is 15.0 Å². The van der Waals surface area contributed by atoms with Crippen molar-refractivity contribution in [3.05, 3.63) is 73.2 Å². The van der Waals surface area contributed by atoms with E-state index in [-0.39, 0.29) is 0 Å². The summed E-state index contributed by atoms with van der Waals surface area (Å²) in [6.07, 6.45) is 4.80. The average Bonchev–Trinajstić information content (AvgIpc) is 2.57. The lowest BCUT2D eigenvalue weighted by Crippen LogP contribution is -2.25. The van der Waals surface area contributed by atoms with E-state index in [0.29, 0.717) is 17.5 Å². The molecule has 0 aliphatic rings. The van der Waals surface area contributed by atoms with E-state index < -0.39 is 7.59 Å². The van der Waals surface area contributed by atoms with Crippen molar-refractivity contribution in [1.82, 2.24) is 15.0 Å². The second kappa shape index (κ2) is 6.56. The standard InChI is InChI=1S/C15H15N6OP/c16-23(22,20-13-7-1-4-10-17-13)21(14-8-2-5-11-18-14)15-9-3-6-12-19-15/h1-12H,(H3,16,17,20,22). The monoisotopic (exact) mass is 326 g/mol. The molecule has 3 aromatic heterocycles. The van der Waals surface area contributed by atoms with E-state index in [4.69, 9.17) is 5.50 Å². The van der Waals surface area contributed by atoms with Crippen molar-refractivity contribution < 1.29 is 4.57 Å². The molecule has 0 bridgehead atoms. The van der Waals surface area contributed by atoms with Crippen LogP contribution in [0.1, 0.15) is 0 Å². The van der Waals surface area contributed by atoms with Gasteiger partial charge in [0.15, 0.2) is 0 Å². The van der Waals surface area contributed by atoms with Crippen molar-refractivity contribution >= 4 is 25.0 Å². The number of hydrogen-bond acceptors (Lipinski definition) is 4. The molecular formula is C15H15N6OP. The average molecular weight is 326 g/mol. The minimum absolute atomic E-state index is 0.412. The molecule has 7 nitrogen and oxygen atoms in total. The van der Waals surface area contributed by atoms with Crippen molar-refractivity contribution in [3.63, 3.8) is 0 Å². The quantitative estimate of drug-likeness (QED) is 0.695. The van der Waals surface area contributed by atoms with Gasteiger partial charge in [-0.3, -0.25) is 9.65 Å². The molecule has 3 N–H and O–H groups in total. The van der Waals surface area contributed by atoms with Crippen LogP contribution in [0.3, 0.4) is 0 Å². The first kappa shape index (κ1) is 15.1. The second-order valence-electron chi connectivity index (χ2n) is 4.64. The lowest BCUT2D eigenvalue weighted by molar-refractivity contribution is 0.578. The summed E-state index contributed by atoms with van der Waals surface area (Å²) in [4.78, 5) is 12.6. The van der Waals surface area contributed by atoms with Gasteiger partial charge in [-0.25, -0.2) is 25.1 Å². The van der Waals surface area contributed by atoms with Crippen LogP contribution < -0.4 is 15.3 Å². The maximum absolute atomic E-state index is 13.2. The van der Waals surface area contributed by atoms with Gasteiger partial charge < -0.3 is 0 Å². The van der Waals surface area contributed by atoms with E-state index in [9.17, 15) is 4.57 Å². The Balaban J connectivity index is 2.03. The molecule has 0 aliphatic heterocycles. The van der Waals surface area contributed by atoms with Crippen molar-refractivity contribution in [1.29, 1.82) is 0 Å². The van der Waals surface area contributed by atoms with Gasteiger partial charge in [-0.05, 0) is 36.4 Å². The largest absolute Gasteiger partial charge is 0.335 e. The Morgan fingerprint density at radius 3 is 1.78 bits per heavy atom. The number of anilines is 3. The SMILES string of the molecule is NP(=O)(Nc1ccccn1)N(c1ccccn1)c1ccccn1. The first-order valence-electron chi connectivity index (χ1n) is 6.87. The topological polar surface area (TPSA) is 97.0 Å². The highest BCUT2D eigenvalue weighted by atomic mass is 31.2. The fourth-order valence-corrected chi connectivity index (χ4v) is 3.43. The van der Waals surface area contributed by atoms with E-state index in [1.165, 1.54) is 4.67 Å². The second-order valence-corrected chi connectivity index (χ2v) is 6.51. The fraction of sp³-hybridized carbons (Fsp3) is 0. The molecule has 3 rings (SSSR count). The zero-order valence-corrected chi connectivity index (χ0v) is 13.0. The van der Waals surface area contributed by atoms with Crippen LogP contribution in [0.2, 0.25) is 0 Å². The normalized spacial score (nSPS) is 13.1. The molecule has 0 fully saturated rings. The summed E-state index contributed by atoms with van der Waals surface area (Å²) in [5, 5.41) is 2.78. The van der Waals surface area contributed by atoms with Gasteiger partial charge in [-0.1, -0.05) is 18.2 Å². The van der Waals surface area contributed by atoms with Crippen LogP contribution in [0.25, 0.3) is 0 Å². The van der Waals surface area contributed by atoms with E-state index >= 15 is 0 Å². The molecule has 116 valence electrons. The Morgan fingerprint density at radius 2 is 1.35 bits per heavy atom. The molecule has 23 heavy (non-hydrogen) atoms. The van der Waals surface area contributed by atoms with Crippen LogP contribution >= 0.6 is 7.59 Å². The summed E-state index contributed by atoms with van der Waals surface area (Å²) in [6.45, 7) is 0. The molecule has 1 unspecified atom stereocenters. The Hall–Kier alpha value is -2.76. The van der Waals surface area contributed by atoms with Gasteiger partial charge in [0.1, 0.15) is 17.5 Å². The third-order valence-electron chi connectivity index (χ3n) is 2.97. The summed E-state index contributed by atoms with van der Waals surface area (Å²) in [7, 11) is -3.57. The number of nitrogens with zero attached hydrogens (tertiary/aromatic N) is 4. The Labute approximate surface area is 133 Å². The molecule has 0 saturated heterocycles. The summed E-state index contributed by atoms with van der Waals surface area (Å²) in [5.74, 6) is 1.27. The van der Waals surface area contributed by atoms with Crippen LogP contribution in [0.4, 0.5) is 17.5 Å². The van der Waals surface area contributed by atoms with Crippen molar-refractivity contribution in [2.45, 2.75) is 0 Å². The Kier molecular flexibility index (Phi) is 4.32. The van der Waals surface area contributed by atoms with E-state index in [1.54, 1.807) is 73.2 Å². The molecule has 3 heterocycles. The molecule has 0 aliphatic carbocycles. The van der Waals surface area contributed by atoms with Crippen molar-refractivity contribution in [2.75, 3.05) is 9.76 Å². The number of rotatable bonds is 5. The predicted molar refractivity (Wildman–Crippen MR) is 90.3 cm³/mol. The lowest BCUT2D eigenvalue weighted by atomic mass is 10.4. The molecule has 0 amide bonds. The third kappa shape index (κ3) is 3.53. The van der Waals surface area contributed by atoms with Gasteiger partial charge in [-0.15, -0.1) is 0 Å². The maximum atomic E-state index is 13.2. The summed E-state index contributed by atoms with van der Waals surface area (Å²) in [5.41, 5.74) is 6.11. The van der Waals surface area contributed by atoms with Crippen LogP contribution in [0, 0.1) is 0 Å². The molecule has 0 aromatic carbocycles. The van der Waals surface area contributed by atoms with Gasteiger partial charge in [0, 0.05) is 18.6 Å². The number of nitrogens with one attached hydrogen (secondary N) is 1. The molecular weight excluding hydrogens is 311 g/mol. The molecule has 0 spiro atoms. The Morgan fingerprint density at radius 1 is 0.826 bits per heavy atom. The van der Waals surface area contributed by atoms with Gasteiger partial charge in [0.05, 0.1) is 0 Å². The number of hydrogen-bond donors (Lipinski definition) is 2. The van der Waals surface area contributed by atoms with Crippen LogP contribution in [-0.2, 0) is 4.57 Å². The van der Waals surface area contributed by atoms with E-state index in [0.717, 1.165) is 0 Å². The van der Waals surface area contributed by atoms with Crippen LogP contribution in [0.5, 0.6) is 0 Å². The highest BCUT2D eigenvalue weighted by Crippen LogP contribution is 2.48. The molecule has 0 radical (unpaired) electrons. The summed E-state index contributed by atoms with van der Waals surface area (Å²) in [6, 6.07) is 15.8. The fourth-order valence-electron chi connectivity index (χ4n) is 2.02. The Bertz CT molecular complexity index is 760. The minimum atomic E-state index is -3.57. The number of aromatic nitrogens is 3. The zero-order valence-electron chi connectivity index (χ0n) is 12.1. The van der Waals surface area contributed by atoms with Crippen molar-refractivity contribution in [3.8, 4) is 0 Å². The highest BCUT2D eigenvalue weighted by Gasteiger charge is 2.30. The summed E-state index contributed by atoms with van der Waals surface area (Å²) >= 11 is 0. The number of nitrogens with two attached hydrogens (primary N) is 1. The third-order valence-corrected chi connectivity index (χ3v) is 4.52. The molecule has 3 aromatic rings. The first-order chi connectivity index (χ1) is 11.2. The minimum Gasteiger partial charge on any atom is -0.293 e. The highest BCUT2D eigenvalue weighted by molar-refractivity contribution is 7.65. The van der Waals surface area contributed by atoms with E-state index in [1.807, 2.05) is 0 Å². The van der Waals surface area contributed by atoms with Gasteiger partial charge in [-0.2, -0.15) is 0 Å². The smallest absolute Gasteiger partial charge is 0.293 e. The zero-order chi connectivity index (χ0) is 16.1. The van der Waals surface area contributed by atoms with Gasteiger partial charge in [0.2, 0.25) is 0 Å². The van der Waals surface area contributed by atoms with Crippen molar-refractivity contribution in [2.24, 2.45) is 5.50 Å². The molecule has 1 atom stereocenters. The van der Waals surface area contributed by atoms with E-state index in [2.05, 4.69) is 20.0 Å². The summed E-state index contributed by atoms with van der Waals surface area (Å²) < 4.78 is 14.5. The molecule has 0 saturated carbocycles.